The molecule has 1 aliphatic rings. The maximum atomic E-state index is 13.7. The van der Waals surface area contributed by atoms with Crippen molar-refractivity contribution in [2.75, 3.05) is 18.4 Å². The van der Waals surface area contributed by atoms with Crippen LogP contribution in [0.25, 0.3) is 5.69 Å². The average Bonchev–Trinajstić information content (AvgIpc) is 3.32. The van der Waals surface area contributed by atoms with Gasteiger partial charge in [0.2, 0.25) is 0 Å². The molecule has 3 heterocycles. The molecule has 1 N–H and O–H groups in total. The Kier molecular flexibility index (Phi) is 6.40. The van der Waals surface area contributed by atoms with Crippen LogP contribution in [0.1, 0.15) is 41.3 Å². The zero-order valence-electron chi connectivity index (χ0n) is 18.5. The molecule has 0 aliphatic carbocycles. The van der Waals surface area contributed by atoms with Gasteiger partial charge in [-0.25, -0.2) is 9.97 Å². The predicted octanol–water partition coefficient (Wildman–Crippen LogP) is 4.95. The van der Waals surface area contributed by atoms with E-state index in [4.69, 9.17) is 0 Å². The second-order valence-electron chi connectivity index (χ2n) is 8.49. The highest BCUT2D eigenvalue weighted by molar-refractivity contribution is 5.98. The number of anilines is 1. The van der Waals surface area contributed by atoms with Crippen molar-refractivity contribution in [2.24, 2.45) is 5.92 Å². The van der Waals surface area contributed by atoms with Crippen molar-refractivity contribution in [3.05, 3.63) is 71.9 Å². The molecule has 0 bridgehead atoms. The van der Waals surface area contributed by atoms with Crippen molar-refractivity contribution in [1.29, 1.82) is 0 Å². The summed E-state index contributed by atoms with van der Waals surface area (Å²) in [5, 5.41) is 3.13. The normalized spacial score (nSPS) is 18.9. The number of piperidine rings is 1. The highest BCUT2D eigenvalue weighted by Crippen LogP contribution is 2.30. The van der Waals surface area contributed by atoms with Gasteiger partial charge < -0.3 is 14.8 Å². The summed E-state index contributed by atoms with van der Waals surface area (Å²) in [6.07, 6.45) is 3.39. The molecule has 33 heavy (non-hydrogen) atoms. The molecule has 1 amide bonds. The molecule has 2 unspecified atom stereocenters. The third-order valence-corrected chi connectivity index (χ3v) is 6.12. The first kappa shape index (κ1) is 22.8. The van der Waals surface area contributed by atoms with Gasteiger partial charge in [0, 0.05) is 31.7 Å². The van der Waals surface area contributed by atoms with Crippen LogP contribution in [-0.2, 0) is 6.18 Å². The Morgan fingerprint density at radius 1 is 1.24 bits per heavy atom. The standard InChI is InChI=1S/C24H26F3N5O/c1-16-5-7-20(31-11-9-28-15-31)19(12-16)23(33)32-10-3-4-17(2)21(32)14-30-22-8-6-18(13-29-22)24(25,26)27/h5-9,11-13,15,17,21H,3-4,10,14H2,1-2H3,(H,29,30). The van der Waals surface area contributed by atoms with Crippen LogP contribution in [-0.4, -0.2) is 44.5 Å². The van der Waals surface area contributed by atoms with Gasteiger partial charge in [-0.2, -0.15) is 13.2 Å². The largest absolute Gasteiger partial charge is 0.417 e. The van der Waals surface area contributed by atoms with Crippen molar-refractivity contribution in [3.8, 4) is 5.69 Å². The van der Waals surface area contributed by atoms with Crippen LogP contribution in [0.4, 0.5) is 19.0 Å². The van der Waals surface area contributed by atoms with Gasteiger partial charge in [-0.05, 0) is 49.9 Å². The molecule has 1 saturated heterocycles. The van der Waals surface area contributed by atoms with Crippen LogP contribution in [0.3, 0.4) is 0 Å². The number of nitrogens with zero attached hydrogens (tertiary/aromatic N) is 4. The van der Waals surface area contributed by atoms with E-state index in [-0.39, 0.29) is 17.9 Å². The van der Waals surface area contributed by atoms with Gasteiger partial charge in [0.1, 0.15) is 5.82 Å². The summed E-state index contributed by atoms with van der Waals surface area (Å²) >= 11 is 0. The molecule has 6 nitrogen and oxygen atoms in total. The second kappa shape index (κ2) is 9.25. The van der Waals surface area contributed by atoms with Crippen molar-refractivity contribution >= 4 is 11.7 Å². The Morgan fingerprint density at radius 3 is 2.73 bits per heavy atom. The highest BCUT2D eigenvalue weighted by atomic mass is 19.4. The van der Waals surface area contributed by atoms with Crippen molar-refractivity contribution in [2.45, 2.75) is 38.9 Å². The fourth-order valence-electron chi connectivity index (χ4n) is 4.29. The van der Waals surface area contributed by atoms with E-state index in [9.17, 15) is 18.0 Å². The smallest absolute Gasteiger partial charge is 0.368 e. The minimum Gasteiger partial charge on any atom is -0.368 e. The molecule has 0 saturated carbocycles. The van der Waals surface area contributed by atoms with Gasteiger partial charge in [-0.3, -0.25) is 4.79 Å². The number of imidazole rings is 1. The van der Waals surface area contributed by atoms with E-state index in [1.807, 2.05) is 34.6 Å². The Hall–Kier alpha value is -3.36. The monoisotopic (exact) mass is 457 g/mol. The zero-order chi connectivity index (χ0) is 23.6. The third-order valence-electron chi connectivity index (χ3n) is 6.12. The quantitative estimate of drug-likeness (QED) is 0.589. The molecule has 0 spiro atoms. The number of hydrogen-bond acceptors (Lipinski definition) is 4. The Labute approximate surface area is 190 Å². The van der Waals surface area contributed by atoms with E-state index < -0.39 is 11.7 Å². The van der Waals surface area contributed by atoms with E-state index in [0.29, 0.717) is 24.5 Å². The van der Waals surface area contributed by atoms with Crippen molar-refractivity contribution < 1.29 is 18.0 Å². The number of aryl methyl sites for hydroxylation is 1. The molecular formula is C24H26F3N5O. The number of pyridine rings is 1. The lowest BCUT2D eigenvalue weighted by atomic mass is 9.89. The number of aromatic nitrogens is 3. The van der Waals surface area contributed by atoms with Crippen molar-refractivity contribution in [3.63, 3.8) is 0 Å². The second-order valence-corrected chi connectivity index (χ2v) is 8.49. The molecule has 2 aromatic heterocycles. The lowest BCUT2D eigenvalue weighted by molar-refractivity contribution is -0.137. The molecule has 2 atom stereocenters. The summed E-state index contributed by atoms with van der Waals surface area (Å²) in [7, 11) is 0. The molecule has 1 fully saturated rings. The Bertz CT molecular complexity index is 1100. The fourth-order valence-corrected chi connectivity index (χ4v) is 4.29. The van der Waals surface area contributed by atoms with Gasteiger partial charge >= 0.3 is 6.18 Å². The number of amides is 1. The molecule has 9 heteroatoms. The number of alkyl halides is 3. The van der Waals surface area contributed by atoms with Crippen LogP contribution >= 0.6 is 0 Å². The number of hydrogen-bond donors (Lipinski definition) is 1. The number of halogens is 3. The number of rotatable bonds is 5. The number of carbonyl (C=O) groups is 1. The molecule has 3 aromatic rings. The first-order chi connectivity index (χ1) is 15.7. The van der Waals surface area contributed by atoms with Gasteiger partial charge in [-0.15, -0.1) is 0 Å². The zero-order valence-corrected chi connectivity index (χ0v) is 18.5. The number of likely N-dealkylation sites (tertiary alicyclic amines) is 1. The summed E-state index contributed by atoms with van der Waals surface area (Å²) < 4.78 is 40.2. The van der Waals surface area contributed by atoms with Gasteiger partial charge in [0.05, 0.1) is 29.2 Å². The van der Waals surface area contributed by atoms with Crippen molar-refractivity contribution in [1.82, 2.24) is 19.4 Å². The molecular weight excluding hydrogens is 431 g/mol. The van der Waals surface area contributed by atoms with Crippen LogP contribution in [0.5, 0.6) is 0 Å². The lowest BCUT2D eigenvalue weighted by Crippen LogP contribution is -2.51. The predicted molar refractivity (Wildman–Crippen MR) is 119 cm³/mol. The van der Waals surface area contributed by atoms with Crippen LogP contribution in [0, 0.1) is 12.8 Å². The summed E-state index contributed by atoms with van der Waals surface area (Å²) in [6, 6.07) is 7.97. The van der Waals surface area contributed by atoms with Crippen LogP contribution in [0.2, 0.25) is 0 Å². The summed E-state index contributed by atoms with van der Waals surface area (Å²) in [5.74, 6) is 0.509. The number of carbonyl (C=O) groups excluding carboxylic acids is 1. The summed E-state index contributed by atoms with van der Waals surface area (Å²) in [5.41, 5.74) is 1.55. The van der Waals surface area contributed by atoms with Crippen LogP contribution < -0.4 is 5.32 Å². The SMILES string of the molecule is Cc1ccc(-n2ccnc2)c(C(=O)N2CCCC(C)C2CNc2ccc(C(F)(F)F)cn2)c1. The summed E-state index contributed by atoms with van der Waals surface area (Å²) in [6.45, 7) is 5.06. The number of nitrogens with one attached hydrogen (secondary N) is 1. The Morgan fingerprint density at radius 2 is 2.06 bits per heavy atom. The van der Waals surface area contributed by atoms with E-state index >= 15 is 0 Å². The minimum absolute atomic E-state index is 0.0684. The maximum absolute atomic E-state index is 13.7. The number of benzene rings is 1. The maximum Gasteiger partial charge on any atom is 0.417 e. The first-order valence-electron chi connectivity index (χ1n) is 10.9. The van der Waals surface area contributed by atoms with E-state index in [1.165, 1.54) is 6.07 Å². The van der Waals surface area contributed by atoms with Crippen LogP contribution in [0.15, 0.2) is 55.2 Å². The first-order valence-corrected chi connectivity index (χ1v) is 10.9. The van der Waals surface area contributed by atoms with E-state index in [0.717, 1.165) is 36.4 Å². The Balaban J connectivity index is 1.55. The lowest BCUT2D eigenvalue weighted by Gasteiger charge is -2.40. The molecule has 174 valence electrons. The average molecular weight is 458 g/mol. The fraction of sp³-hybridized carbons (Fsp3) is 0.375. The topological polar surface area (TPSA) is 63.1 Å². The third kappa shape index (κ3) is 5.02. The van der Waals surface area contributed by atoms with E-state index in [2.05, 4.69) is 22.2 Å². The summed E-state index contributed by atoms with van der Waals surface area (Å²) in [4.78, 5) is 23.6. The van der Waals surface area contributed by atoms with Gasteiger partial charge in [-0.1, -0.05) is 18.6 Å². The molecule has 0 radical (unpaired) electrons. The molecule has 4 rings (SSSR count). The van der Waals surface area contributed by atoms with Gasteiger partial charge in [0.25, 0.3) is 5.91 Å². The molecule has 1 aliphatic heterocycles. The highest BCUT2D eigenvalue weighted by Gasteiger charge is 2.34. The van der Waals surface area contributed by atoms with E-state index in [1.54, 1.807) is 18.7 Å². The minimum atomic E-state index is -4.42. The van der Waals surface area contributed by atoms with Gasteiger partial charge in [0.15, 0.2) is 0 Å². The molecule has 1 aromatic carbocycles.